The zero-order valence-corrected chi connectivity index (χ0v) is 18.2. The minimum absolute atomic E-state index is 0.00520. The second-order valence-electron chi connectivity index (χ2n) is 7.08. The van der Waals surface area contributed by atoms with Crippen LogP contribution >= 0.6 is 15.9 Å². The molecule has 1 heterocycles. The molecule has 3 rings (SSSR count). The predicted octanol–water partition coefficient (Wildman–Crippen LogP) is 3.81. The van der Waals surface area contributed by atoms with Crippen LogP contribution in [-0.4, -0.2) is 41.8 Å². The number of nitrogens with one attached hydrogen (secondary N) is 1. The number of benzene rings is 2. The normalized spacial score (nSPS) is 14.5. The molecule has 7 heteroatoms. The van der Waals surface area contributed by atoms with E-state index in [-0.39, 0.29) is 17.9 Å². The fourth-order valence-corrected chi connectivity index (χ4v) is 3.49. The Hall–Kier alpha value is -2.93. The van der Waals surface area contributed by atoms with Crippen molar-refractivity contribution in [3.05, 3.63) is 70.2 Å². The Morgan fingerprint density at radius 3 is 2.47 bits per heavy atom. The molecule has 2 aromatic rings. The molecule has 30 heavy (non-hydrogen) atoms. The standard InChI is InChI=1S/C23H23BrN2O4/c1-16(27)30-21-4-2-3-18(15-21)23(29)25-20-11-13-26(14-12-20)22(28)10-7-17-5-8-19(24)9-6-17/h2-10,15,20H,11-14H2,1H3,(H,25,29)/b10-7+. The first-order valence-corrected chi connectivity index (χ1v) is 10.5. The van der Waals surface area contributed by atoms with E-state index in [1.165, 1.54) is 6.92 Å². The number of piperidine rings is 1. The highest BCUT2D eigenvalue weighted by atomic mass is 79.9. The number of hydrogen-bond donors (Lipinski definition) is 1. The van der Waals surface area contributed by atoms with Crippen molar-refractivity contribution in [2.24, 2.45) is 0 Å². The van der Waals surface area contributed by atoms with Gasteiger partial charge in [0, 0.05) is 42.2 Å². The number of carbonyl (C=O) groups excluding carboxylic acids is 3. The van der Waals surface area contributed by atoms with Crippen LogP contribution in [0.1, 0.15) is 35.7 Å². The Bertz CT molecular complexity index is 948. The van der Waals surface area contributed by atoms with Crippen LogP contribution in [0.25, 0.3) is 6.08 Å². The van der Waals surface area contributed by atoms with Crippen LogP contribution in [0.5, 0.6) is 5.75 Å². The first-order chi connectivity index (χ1) is 14.4. The lowest BCUT2D eigenvalue weighted by molar-refractivity contribution is -0.132. The molecule has 1 saturated heterocycles. The Morgan fingerprint density at radius 2 is 1.80 bits per heavy atom. The van der Waals surface area contributed by atoms with Gasteiger partial charge in [-0.25, -0.2) is 0 Å². The second kappa shape index (κ2) is 10.2. The lowest BCUT2D eigenvalue weighted by atomic mass is 10.0. The van der Waals surface area contributed by atoms with Crippen molar-refractivity contribution in [2.45, 2.75) is 25.8 Å². The summed E-state index contributed by atoms with van der Waals surface area (Å²) < 4.78 is 6.02. The molecule has 0 radical (unpaired) electrons. The van der Waals surface area contributed by atoms with Gasteiger partial charge >= 0.3 is 5.97 Å². The number of nitrogens with zero attached hydrogens (tertiary/aromatic N) is 1. The maximum absolute atomic E-state index is 12.5. The maximum atomic E-state index is 12.5. The zero-order chi connectivity index (χ0) is 21.5. The van der Waals surface area contributed by atoms with E-state index in [2.05, 4.69) is 21.2 Å². The summed E-state index contributed by atoms with van der Waals surface area (Å²) in [5, 5.41) is 3.00. The van der Waals surface area contributed by atoms with Crippen LogP contribution < -0.4 is 10.1 Å². The highest BCUT2D eigenvalue weighted by Crippen LogP contribution is 2.16. The molecule has 156 valence electrons. The van der Waals surface area contributed by atoms with E-state index in [4.69, 9.17) is 4.74 Å². The van der Waals surface area contributed by atoms with Gasteiger partial charge in [-0.2, -0.15) is 0 Å². The average molecular weight is 471 g/mol. The van der Waals surface area contributed by atoms with Crippen LogP contribution in [0, 0.1) is 0 Å². The second-order valence-corrected chi connectivity index (χ2v) is 8.00. The van der Waals surface area contributed by atoms with E-state index in [0.717, 1.165) is 10.0 Å². The third-order valence-corrected chi connectivity index (χ3v) is 5.32. The summed E-state index contributed by atoms with van der Waals surface area (Å²) in [6.07, 6.45) is 4.77. The van der Waals surface area contributed by atoms with Crippen LogP contribution in [0.3, 0.4) is 0 Å². The lowest BCUT2D eigenvalue weighted by Crippen LogP contribution is -2.46. The van der Waals surface area contributed by atoms with E-state index in [0.29, 0.717) is 37.2 Å². The van der Waals surface area contributed by atoms with Crippen LogP contribution in [0.2, 0.25) is 0 Å². The quantitative estimate of drug-likeness (QED) is 0.409. The molecule has 1 fully saturated rings. The van der Waals surface area contributed by atoms with Gasteiger partial charge in [-0.3, -0.25) is 14.4 Å². The van der Waals surface area contributed by atoms with Crippen molar-refractivity contribution in [1.29, 1.82) is 0 Å². The predicted molar refractivity (Wildman–Crippen MR) is 118 cm³/mol. The third-order valence-electron chi connectivity index (χ3n) is 4.79. The topological polar surface area (TPSA) is 75.7 Å². The van der Waals surface area contributed by atoms with Crippen molar-refractivity contribution >= 4 is 39.8 Å². The molecule has 2 amide bonds. The summed E-state index contributed by atoms with van der Waals surface area (Å²) in [4.78, 5) is 37.8. The minimum atomic E-state index is -0.432. The average Bonchev–Trinajstić information content (AvgIpc) is 2.73. The number of esters is 1. The Labute approximate surface area is 184 Å². The fraction of sp³-hybridized carbons (Fsp3) is 0.261. The van der Waals surface area contributed by atoms with Gasteiger partial charge in [0.2, 0.25) is 5.91 Å². The summed E-state index contributed by atoms with van der Waals surface area (Å²) in [5.41, 5.74) is 1.40. The molecule has 0 spiro atoms. The van der Waals surface area contributed by atoms with Gasteiger partial charge in [0.15, 0.2) is 0 Å². The van der Waals surface area contributed by atoms with Crippen molar-refractivity contribution < 1.29 is 19.1 Å². The summed E-state index contributed by atoms with van der Waals surface area (Å²) >= 11 is 3.39. The molecule has 1 aliphatic rings. The lowest BCUT2D eigenvalue weighted by Gasteiger charge is -2.31. The van der Waals surface area contributed by atoms with Gasteiger partial charge in [0.05, 0.1) is 0 Å². The summed E-state index contributed by atoms with van der Waals surface area (Å²) in [6, 6.07) is 14.2. The van der Waals surface area contributed by atoms with Crippen LogP contribution in [-0.2, 0) is 9.59 Å². The van der Waals surface area contributed by atoms with Crippen molar-refractivity contribution in [3.8, 4) is 5.75 Å². The van der Waals surface area contributed by atoms with Crippen molar-refractivity contribution in [3.63, 3.8) is 0 Å². The number of hydrogen-bond acceptors (Lipinski definition) is 4. The monoisotopic (exact) mass is 470 g/mol. The largest absolute Gasteiger partial charge is 0.427 e. The molecular weight excluding hydrogens is 448 g/mol. The number of ether oxygens (including phenoxy) is 1. The molecule has 0 aromatic heterocycles. The summed E-state index contributed by atoms with van der Waals surface area (Å²) in [7, 11) is 0. The number of halogens is 1. The summed E-state index contributed by atoms with van der Waals surface area (Å²) in [6.45, 7) is 2.49. The van der Waals surface area contributed by atoms with E-state index in [1.54, 1.807) is 41.3 Å². The molecule has 0 aliphatic carbocycles. The maximum Gasteiger partial charge on any atom is 0.308 e. The van der Waals surface area contributed by atoms with Gasteiger partial charge in [0.25, 0.3) is 5.91 Å². The molecule has 0 atom stereocenters. The Morgan fingerprint density at radius 1 is 1.10 bits per heavy atom. The first kappa shape index (κ1) is 21.8. The van der Waals surface area contributed by atoms with Crippen molar-refractivity contribution in [2.75, 3.05) is 13.1 Å². The van der Waals surface area contributed by atoms with Crippen LogP contribution in [0.4, 0.5) is 0 Å². The molecule has 1 aliphatic heterocycles. The number of likely N-dealkylation sites (tertiary alicyclic amines) is 1. The minimum Gasteiger partial charge on any atom is -0.427 e. The summed E-state index contributed by atoms with van der Waals surface area (Å²) in [5.74, 6) is -0.340. The number of carbonyl (C=O) groups is 3. The Kier molecular flexibility index (Phi) is 7.41. The van der Waals surface area contributed by atoms with Gasteiger partial charge < -0.3 is 15.0 Å². The zero-order valence-electron chi connectivity index (χ0n) is 16.6. The smallest absolute Gasteiger partial charge is 0.308 e. The fourth-order valence-electron chi connectivity index (χ4n) is 3.23. The third kappa shape index (κ3) is 6.29. The highest BCUT2D eigenvalue weighted by Gasteiger charge is 2.23. The SMILES string of the molecule is CC(=O)Oc1cccc(C(=O)NC2CCN(C(=O)/C=C/c3ccc(Br)cc3)CC2)c1. The molecule has 0 unspecified atom stereocenters. The molecule has 1 N–H and O–H groups in total. The van der Waals surface area contributed by atoms with E-state index in [1.807, 2.05) is 24.3 Å². The first-order valence-electron chi connectivity index (χ1n) is 9.72. The van der Waals surface area contributed by atoms with Crippen molar-refractivity contribution in [1.82, 2.24) is 10.2 Å². The van der Waals surface area contributed by atoms with Gasteiger partial charge in [-0.15, -0.1) is 0 Å². The van der Waals surface area contributed by atoms with Crippen LogP contribution in [0.15, 0.2) is 59.1 Å². The molecular formula is C23H23BrN2O4. The number of rotatable bonds is 5. The molecule has 0 bridgehead atoms. The molecule has 2 aromatic carbocycles. The van der Waals surface area contributed by atoms with E-state index in [9.17, 15) is 14.4 Å². The van der Waals surface area contributed by atoms with E-state index < -0.39 is 5.97 Å². The Balaban J connectivity index is 1.49. The molecule has 0 saturated carbocycles. The van der Waals surface area contributed by atoms with Gasteiger partial charge in [-0.05, 0) is 54.8 Å². The number of amides is 2. The van der Waals surface area contributed by atoms with Gasteiger partial charge in [0.1, 0.15) is 5.75 Å². The van der Waals surface area contributed by atoms with Gasteiger partial charge in [-0.1, -0.05) is 34.1 Å². The highest BCUT2D eigenvalue weighted by molar-refractivity contribution is 9.10. The van der Waals surface area contributed by atoms with E-state index >= 15 is 0 Å². The molecule has 6 nitrogen and oxygen atoms in total.